The Morgan fingerprint density at radius 1 is 1.11 bits per heavy atom. The summed E-state index contributed by atoms with van der Waals surface area (Å²) in [6.45, 7) is 0. The topological polar surface area (TPSA) is 23.8 Å². The molecule has 1 nitrogen and oxygen atoms in total. The second-order valence-electron chi connectivity index (χ2n) is 5.17. The molecule has 0 amide bonds. The molecular weight excluding hydrogens is 313 g/mol. The fraction of sp³-hybridized carbons (Fsp3) is 0.667. The Labute approximate surface area is 145 Å². The third kappa shape index (κ3) is 7.92. The summed E-state index contributed by atoms with van der Waals surface area (Å²) in [5.74, 6) is 0.884. The van der Waals surface area contributed by atoms with Gasteiger partial charge >= 0.3 is 21.7 Å². The maximum atomic E-state index is 7.27. The van der Waals surface area contributed by atoms with Gasteiger partial charge in [-0.1, -0.05) is 55.9 Å². The Morgan fingerprint density at radius 2 is 1.79 bits per heavy atom. The molecule has 0 radical (unpaired) electrons. The van der Waals surface area contributed by atoms with Crippen molar-refractivity contribution < 1.29 is 46.5 Å². The Balaban J connectivity index is 0. The molecule has 0 aliphatic heterocycles. The van der Waals surface area contributed by atoms with Gasteiger partial charge in [-0.3, -0.25) is 0 Å². The molecule has 0 aromatic heterocycles. The molecule has 0 aromatic rings. The maximum Gasteiger partial charge on any atom is 4.00 e. The monoisotopic (exact) mass is 335 g/mol. The van der Waals surface area contributed by atoms with Crippen molar-refractivity contribution in [1.29, 1.82) is 0 Å². The van der Waals surface area contributed by atoms with Gasteiger partial charge in [0.2, 0.25) is 0 Å². The fourth-order valence-corrected chi connectivity index (χ4v) is 2.76. The van der Waals surface area contributed by atoms with Crippen LogP contribution >= 0.6 is 0 Å². The Hall–Kier alpha value is 0.734. The summed E-state index contributed by atoms with van der Waals surface area (Å²) in [7, 11) is 0. The molecule has 2 fully saturated rings. The van der Waals surface area contributed by atoms with Gasteiger partial charge in [-0.25, -0.2) is 0 Å². The van der Waals surface area contributed by atoms with Crippen LogP contribution in [0.2, 0.25) is 0 Å². The average molecular weight is 336 g/mol. The summed E-state index contributed by atoms with van der Waals surface area (Å²) in [5, 5.41) is 0. The van der Waals surface area contributed by atoms with E-state index in [1.807, 2.05) is 0 Å². The number of rotatable bonds is 0. The van der Waals surface area contributed by atoms with E-state index < -0.39 is 0 Å². The van der Waals surface area contributed by atoms with Gasteiger partial charge in [0.25, 0.3) is 0 Å². The summed E-state index contributed by atoms with van der Waals surface area (Å²) in [5.41, 5.74) is 8.92. The van der Waals surface area contributed by atoms with Crippen LogP contribution in [0.3, 0.4) is 0 Å². The third-order valence-corrected chi connectivity index (χ3v) is 3.83. The largest absolute Gasteiger partial charge is 4.00 e. The summed E-state index contributed by atoms with van der Waals surface area (Å²) < 4.78 is 0. The van der Waals surface area contributed by atoms with Gasteiger partial charge in [-0.15, -0.1) is 6.04 Å². The Kier molecular flexibility index (Phi) is 14.5. The zero-order chi connectivity index (χ0) is 11.2. The van der Waals surface area contributed by atoms with Crippen LogP contribution in [0.15, 0.2) is 23.8 Å². The van der Waals surface area contributed by atoms with Gasteiger partial charge in [0, 0.05) is 0 Å². The third-order valence-electron chi connectivity index (χ3n) is 3.83. The van der Waals surface area contributed by atoms with Crippen LogP contribution in [0.1, 0.15) is 51.4 Å². The van der Waals surface area contributed by atoms with Crippen molar-refractivity contribution in [1.82, 2.24) is 0 Å². The van der Waals surface area contributed by atoms with Crippen LogP contribution in [0.25, 0.3) is 5.73 Å². The fourth-order valence-electron chi connectivity index (χ4n) is 2.76. The van der Waals surface area contributed by atoms with Crippen molar-refractivity contribution in [2.45, 2.75) is 57.4 Å². The van der Waals surface area contributed by atoms with Gasteiger partial charge in [0.1, 0.15) is 0 Å². The molecule has 106 valence electrons. The van der Waals surface area contributed by atoms with E-state index in [1.165, 1.54) is 38.5 Å². The quantitative estimate of drug-likeness (QED) is 0.395. The smallest absolute Gasteiger partial charge is 1.00 e. The molecule has 3 aliphatic carbocycles. The maximum absolute atomic E-state index is 7.27. The van der Waals surface area contributed by atoms with E-state index in [1.54, 1.807) is 5.57 Å². The minimum Gasteiger partial charge on any atom is -1.00 e. The summed E-state index contributed by atoms with van der Waals surface area (Å²) in [6, 6.07) is 0.286. The number of allylic oxidation sites excluding steroid dienone is 4. The second-order valence-corrected chi connectivity index (χ2v) is 5.17. The first-order valence-corrected chi connectivity index (χ1v) is 6.74. The van der Waals surface area contributed by atoms with Crippen LogP contribution < -0.4 is 24.8 Å². The van der Waals surface area contributed by atoms with E-state index in [2.05, 4.69) is 24.6 Å². The number of nitrogens with one attached hydrogen (secondary N) is 1. The van der Waals surface area contributed by atoms with E-state index in [4.69, 9.17) is 5.73 Å². The van der Waals surface area contributed by atoms with E-state index in [-0.39, 0.29) is 52.6 Å². The number of fused-ring (bicyclic) bond motifs is 1. The molecule has 0 bridgehead atoms. The van der Waals surface area contributed by atoms with E-state index in [0.29, 0.717) is 0 Å². The predicted molar refractivity (Wildman–Crippen MR) is 70.1 cm³/mol. The van der Waals surface area contributed by atoms with Gasteiger partial charge in [-0.05, 0) is 12.3 Å². The van der Waals surface area contributed by atoms with Crippen molar-refractivity contribution in [2.75, 3.05) is 0 Å². The molecule has 19 heavy (non-hydrogen) atoms. The van der Waals surface area contributed by atoms with Crippen molar-refractivity contribution in [2.24, 2.45) is 5.92 Å². The van der Waals surface area contributed by atoms with Crippen LogP contribution in [0.4, 0.5) is 0 Å². The molecular formula is C15H23Cl2NTi. The molecule has 0 saturated heterocycles. The predicted octanol–water partition coefficient (Wildman–Crippen LogP) is -1.14. The zero-order valence-electron chi connectivity index (χ0n) is 11.4. The van der Waals surface area contributed by atoms with Gasteiger partial charge < -0.3 is 37.0 Å². The molecule has 0 heterocycles. The zero-order valence-corrected chi connectivity index (χ0v) is 14.5. The SMILES string of the molecule is C1=CCC2C[CH-]CC2=C1.[Cl-].[Cl-].[NH-]C1CCCCC1.[Ti+4]. The van der Waals surface area contributed by atoms with Gasteiger partial charge in [0.05, 0.1) is 0 Å². The summed E-state index contributed by atoms with van der Waals surface area (Å²) in [6.07, 6.45) is 19.2. The molecule has 3 rings (SSSR count). The van der Waals surface area contributed by atoms with Crippen LogP contribution in [-0.2, 0) is 21.7 Å². The van der Waals surface area contributed by atoms with Crippen molar-refractivity contribution in [3.05, 3.63) is 36.0 Å². The van der Waals surface area contributed by atoms with E-state index >= 15 is 0 Å². The van der Waals surface area contributed by atoms with Crippen molar-refractivity contribution >= 4 is 0 Å². The first-order valence-electron chi connectivity index (χ1n) is 6.74. The molecule has 1 N–H and O–H groups in total. The van der Waals surface area contributed by atoms with Crippen LogP contribution in [0, 0.1) is 12.3 Å². The first-order chi connectivity index (χ1) is 7.86. The molecule has 1 atom stereocenters. The molecule has 2 saturated carbocycles. The standard InChI is InChI=1S/C9H11.C6H12N.2ClH.Ti/c1-2-5-9-7-3-6-8(9)4-1;7-6-4-2-1-3-5-6;;;/h1-4,9H,5-7H2;6-7H,1-5H2;2*1H;/q2*-1;;;+4/p-2. The Morgan fingerprint density at radius 3 is 2.32 bits per heavy atom. The molecule has 1 unspecified atom stereocenters. The molecule has 4 heteroatoms. The minimum atomic E-state index is 0. The first kappa shape index (κ1) is 22.0. The number of halogens is 2. The van der Waals surface area contributed by atoms with Crippen LogP contribution in [0.5, 0.6) is 0 Å². The van der Waals surface area contributed by atoms with Crippen molar-refractivity contribution in [3.8, 4) is 0 Å². The number of hydrogen-bond donors (Lipinski definition) is 0. The molecule has 3 aliphatic rings. The average Bonchev–Trinajstić information content (AvgIpc) is 2.79. The Bertz CT molecular complexity index is 273. The van der Waals surface area contributed by atoms with Crippen LogP contribution in [-0.4, -0.2) is 6.04 Å². The van der Waals surface area contributed by atoms with E-state index in [0.717, 1.165) is 18.8 Å². The summed E-state index contributed by atoms with van der Waals surface area (Å²) in [4.78, 5) is 0. The summed E-state index contributed by atoms with van der Waals surface area (Å²) >= 11 is 0. The molecule has 0 spiro atoms. The molecule has 0 aromatic carbocycles. The van der Waals surface area contributed by atoms with Gasteiger partial charge in [-0.2, -0.15) is 12.8 Å². The van der Waals surface area contributed by atoms with Crippen molar-refractivity contribution in [3.63, 3.8) is 0 Å². The number of hydrogen-bond acceptors (Lipinski definition) is 0. The van der Waals surface area contributed by atoms with Gasteiger partial charge in [0.15, 0.2) is 0 Å². The normalized spacial score (nSPS) is 24.5. The van der Waals surface area contributed by atoms with E-state index in [9.17, 15) is 0 Å². The minimum absolute atomic E-state index is 0. The second kappa shape index (κ2) is 12.5.